The number of nitrogens with one attached hydrogen (secondary N) is 1. The Kier molecular flexibility index (Phi) is 4.06. The van der Waals surface area contributed by atoms with Gasteiger partial charge in [0.2, 0.25) is 11.9 Å². The number of imidazole rings is 1. The summed E-state index contributed by atoms with van der Waals surface area (Å²) >= 11 is 0. The van der Waals surface area contributed by atoms with E-state index in [9.17, 15) is 0 Å². The standard InChI is InChI=1S/C19H22N6O2/c1-26-10-5-9-23-12-20-18-22-17(16-8-4-11-27-16)25-15-7-3-2-6-14(15)21-19(25)24(18)13-23/h2-4,6-8,11,17H,5,9-10,12-13H2,1H3,(H,20,22)/t17-/m1/s1. The molecule has 0 amide bonds. The molecule has 3 aromatic rings. The lowest BCUT2D eigenvalue weighted by Crippen LogP contribution is -2.57. The number of hydrogen-bond donors (Lipinski definition) is 1. The fourth-order valence-corrected chi connectivity index (χ4v) is 3.73. The number of guanidine groups is 1. The van der Waals surface area contributed by atoms with Crippen molar-refractivity contribution in [1.82, 2.24) is 19.8 Å². The molecule has 2 aliphatic heterocycles. The molecule has 0 aliphatic carbocycles. The van der Waals surface area contributed by atoms with Crippen molar-refractivity contribution in [3.63, 3.8) is 0 Å². The van der Waals surface area contributed by atoms with E-state index in [1.807, 2.05) is 30.3 Å². The van der Waals surface area contributed by atoms with Gasteiger partial charge in [-0.05, 0) is 30.7 Å². The Bertz CT molecular complexity index is 964. The Morgan fingerprint density at radius 3 is 3.04 bits per heavy atom. The second kappa shape index (κ2) is 6.71. The molecule has 2 aliphatic rings. The second-order valence-corrected chi connectivity index (χ2v) is 6.77. The number of para-hydroxylation sites is 2. The molecule has 0 saturated heterocycles. The van der Waals surface area contributed by atoms with Gasteiger partial charge in [-0.25, -0.2) is 9.98 Å². The minimum atomic E-state index is -0.169. The monoisotopic (exact) mass is 366 g/mol. The average Bonchev–Trinajstić information content (AvgIpc) is 3.36. The number of fused-ring (bicyclic) bond motifs is 5. The predicted octanol–water partition coefficient (Wildman–Crippen LogP) is 2.21. The minimum Gasteiger partial charge on any atom is -0.465 e. The highest BCUT2D eigenvalue weighted by atomic mass is 16.5. The van der Waals surface area contributed by atoms with E-state index in [0.29, 0.717) is 6.67 Å². The van der Waals surface area contributed by atoms with E-state index in [-0.39, 0.29) is 6.17 Å². The Hall–Kier alpha value is -2.84. The zero-order valence-corrected chi connectivity index (χ0v) is 15.2. The molecule has 1 atom stereocenters. The van der Waals surface area contributed by atoms with Crippen molar-refractivity contribution in [2.75, 3.05) is 38.5 Å². The number of aromatic nitrogens is 2. The van der Waals surface area contributed by atoms with Gasteiger partial charge in [0.1, 0.15) is 5.76 Å². The van der Waals surface area contributed by atoms with Gasteiger partial charge in [0.25, 0.3) is 0 Å². The molecule has 2 aromatic heterocycles. The van der Waals surface area contributed by atoms with Gasteiger partial charge >= 0.3 is 0 Å². The third-order valence-electron chi connectivity index (χ3n) is 5.00. The minimum absolute atomic E-state index is 0.169. The summed E-state index contributed by atoms with van der Waals surface area (Å²) in [7, 11) is 1.73. The Morgan fingerprint density at radius 1 is 1.26 bits per heavy atom. The van der Waals surface area contributed by atoms with Crippen LogP contribution in [0.5, 0.6) is 0 Å². The van der Waals surface area contributed by atoms with Crippen LogP contribution in [0.3, 0.4) is 0 Å². The van der Waals surface area contributed by atoms with Gasteiger partial charge in [-0.15, -0.1) is 0 Å². The lowest BCUT2D eigenvalue weighted by atomic mass is 10.2. The summed E-state index contributed by atoms with van der Waals surface area (Å²) < 4.78 is 13.1. The molecule has 0 spiro atoms. The van der Waals surface area contributed by atoms with E-state index in [0.717, 1.165) is 54.9 Å². The second-order valence-electron chi connectivity index (χ2n) is 6.77. The quantitative estimate of drug-likeness (QED) is 0.698. The predicted molar refractivity (Wildman–Crippen MR) is 103 cm³/mol. The molecule has 0 unspecified atom stereocenters. The summed E-state index contributed by atoms with van der Waals surface area (Å²) in [5.74, 6) is 2.55. The summed E-state index contributed by atoms with van der Waals surface area (Å²) in [6.45, 7) is 3.09. The fourth-order valence-electron chi connectivity index (χ4n) is 3.73. The van der Waals surface area contributed by atoms with E-state index >= 15 is 0 Å². The Balaban J connectivity index is 1.56. The van der Waals surface area contributed by atoms with Crippen LogP contribution in [0.1, 0.15) is 18.3 Å². The summed E-state index contributed by atoms with van der Waals surface area (Å²) in [5, 5.41) is 3.53. The summed E-state index contributed by atoms with van der Waals surface area (Å²) in [6.07, 6.45) is 2.51. The van der Waals surface area contributed by atoms with Gasteiger partial charge in [-0.1, -0.05) is 12.1 Å². The maximum atomic E-state index is 5.71. The SMILES string of the molecule is COCCCN1CN=C2N[C@@H](c3ccco3)n3c(nc4ccccc43)N2C1. The normalized spacial score (nSPS) is 19.5. The van der Waals surface area contributed by atoms with E-state index in [1.54, 1.807) is 13.4 Å². The van der Waals surface area contributed by atoms with Crippen LogP contribution in [-0.2, 0) is 4.74 Å². The summed E-state index contributed by atoms with van der Waals surface area (Å²) in [5.41, 5.74) is 2.03. The maximum absolute atomic E-state index is 5.71. The number of nitrogens with zero attached hydrogens (tertiary/aromatic N) is 5. The molecule has 27 heavy (non-hydrogen) atoms. The first-order valence-corrected chi connectivity index (χ1v) is 9.15. The first kappa shape index (κ1) is 16.3. The molecule has 4 heterocycles. The Morgan fingerprint density at radius 2 is 2.19 bits per heavy atom. The highest BCUT2D eigenvalue weighted by Crippen LogP contribution is 2.33. The van der Waals surface area contributed by atoms with Crippen LogP contribution in [0.4, 0.5) is 5.95 Å². The molecule has 1 aromatic carbocycles. The lowest BCUT2D eigenvalue weighted by Gasteiger charge is -2.41. The van der Waals surface area contributed by atoms with E-state index in [2.05, 4.69) is 25.8 Å². The largest absolute Gasteiger partial charge is 0.465 e. The number of rotatable bonds is 5. The molecule has 0 saturated carbocycles. The zero-order chi connectivity index (χ0) is 18.2. The molecule has 0 bridgehead atoms. The number of hydrogen-bond acceptors (Lipinski definition) is 7. The molecule has 1 N–H and O–H groups in total. The smallest absolute Gasteiger partial charge is 0.216 e. The van der Waals surface area contributed by atoms with Crippen LogP contribution >= 0.6 is 0 Å². The molecule has 0 radical (unpaired) electrons. The van der Waals surface area contributed by atoms with Crippen LogP contribution < -0.4 is 10.2 Å². The molecule has 0 fully saturated rings. The van der Waals surface area contributed by atoms with Crippen LogP contribution in [0.15, 0.2) is 52.1 Å². The van der Waals surface area contributed by atoms with Gasteiger partial charge in [0, 0.05) is 20.3 Å². The van der Waals surface area contributed by atoms with Crippen molar-refractivity contribution < 1.29 is 9.15 Å². The van der Waals surface area contributed by atoms with Crippen molar-refractivity contribution >= 4 is 22.9 Å². The summed E-state index contributed by atoms with van der Waals surface area (Å²) in [4.78, 5) is 14.1. The van der Waals surface area contributed by atoms with Gasteiger partial charge in [0.05, 0.1) is 30.6 Å². The third kappa shape index (κ3) is 2.77. The van der Waals surface area contributed by atoms with Crippen molar-refractivity contribution in [1.29, 1.82) is 0 Å². The first-order valence-electron chi connectivity index (χ1n) is 9.15. The van der Waals surface area contributed by atoms with Crippen molar-refractivity contribution in [2.45, 2.75) is 12.6 Å². The first-order chi connectivity index (χ1) is 13.3. The van der Waals surface area contributed by atoms with E-state index in [1.165, 1.54) is 0 Å². The van der Waals surface area contributed by atoms with Crippen LogP contribution in [-0.4, -0.2) is 54.0 Å². The van der Waals surface area contributed by atoms with Crippen molar-refractivity contribution in [2.24, 2.45) is 4.99 Å². The number of benzene rings is 1. The number of aliphatic imine (C=N–C) groups is 1. The molecular formula is C19H22N6O2. The maximum Gasteiger partial charge on any atom is 0.216 e. The van der Waals surface area contributed by atoms with Gasteiger partial charge in [0.15, 0.2) is 6.17 Å². The topological polar surface area (TPSA) is 71.1 Å². The zero-order valence-electron chi connectivity index (χ0n) is 15.2. The molecule has 140 valence electrons. The van der Waals surface area contributed by atoms with Gasteiger partial charge in [-0.3, -0.25) is 14.4 Å². The van der Waals surface area contributed by atoms with Crippen LogP contribution in [0.2, 0.25) is 0 Å². The van der Waals surface area contributed by atoms with Crippen LogP contribution in [0.25, 0.3) is 11.0 Å². The Labute approximate surface area is 157 Å². The molecule has 8 nitrogen and oxygen atoms in total. The van der Waals surface area contributed by atoms with Gasteiger partial charge in [-0.2, -0.15) is 0 Å². The van der Waals surface area contributed by atoms with E-state index < -0.39 is 0 Å². The summed E-state index contributed by atoms with van der Waals surface area (Å²) in [6, 6.07) is 12.1. The number of anilines is 1. The molecular weight excluding hydrogens is 344 g/mol. The number of methoxy groups -OCH3 is 1. The highest BCUT2D eigenvalue weighted by Gasteiger charge is 2.36. The lowest BCUT2D eigenvalue weighted by molar-refractivity contribution is 0.171. The van der Waals surface area contributed by atoms with E-state index in [4.69, 9.17) is 19.1 Å². The third-order valence-corrected chi connectivity index (χ3v) is 5.00. The molecule has 8 heteroatoms. The van der Waals surface area contributed by atoms with Crippen LogP contribution in [0, 0.1) is 0 Å². The number of furan rings is 1. The highest BCUT2D eigenvalue weighted by molar-refractivity contribution is 5.98. The van der Waals surface area contributed by atoms with Crippen molar-refractivity contribution in [3.05, 3.63) is 48.4 Å². The fraction of sp³-hybridized carbons (Fsp3) is 0.368. The average molecular weight is 366 g/mol. The van der Waals surface area contributed by atoms with Crippen molar-refractivity contribution in [3.8, 4) is 0 Å². The molecule has 5 rings (SSSR count). The number of ether oxygens (including phenoxy) is 1. The van der Waals surface area contributed by atoms with Gasteiger partial charge < -0.3 is 14.5 Å².